The molecule has 2 nitrogen and oxygen atoms in total. The van der Waals surface area contributed by atoms with Crippen LogP contribution in [0.1, 0.15) is 30.8 Å². The maximum Gasteiger partial charge on any atom is 0.0798 e. The van der Waals surface area contributed by atoms with E-state index in [0.29, 0.717) is 0 Å². The quantitative estimate of drug-likeness (QED) is 0.710. The van der Waals surface area contributed by atoms with Crippen molar-refractivity contribution < 1.29 is 0 Å². The highest BCUT2D eigenvalue weighted by molar-refractivity contribution is 7.09. The van der Waals surface area contributed by atoms with Gasteiger partial charge in [0.25, 0.3) is 0 Å². The number of aryl methyl sites for hydroxylation is 1. The molecule has 0 fully saturated rings. The molecule has 0 aromatic carbocycles. The van der Waals surface area contributed by atoms with Crippen LogP contribution in [0.4, 0.5) is 0 Å². The molecule has 0 unspecified atom stereocenters. The maximum absolute atomic E-state index is 4.29. The topological polar surface area (TPSA) is 24.9 Å². The van der Waals surface area contributed by atoms with E-state index >= 15 is 0 Å². The Morgan fingerprint density at radius 1 is 1.50 bits per heavy atom. The molecule has 1 aromatic heterocycles. The minimum Gasteiger partial charge on any atom is -0.312 e. The molecule has 0 aliphatic rings. The van der Waals surface area contributed by atoms with E-state index in [1.807, 2.05) is 5.51 Å². The molecule has 3 heteroatoms. The van der Waals surface area contributed by atoms with Crippen LogP contribution in [0.2, 0.25) is 0 Å². The number of thiazole rings is 1. The summed E-state index contributed by atoms with van der Waals surface area (Å²) >= 11 is 1.75. The minimum absolute atomic E-state index is 0.988. The van der Waals surface area contributed by atoms with Crippen molar-refractivity contribution in [1.29, 1.82) is 0 Å². The average molecular weight is 184 g/mol. The number of aromatic nitrogens is 1. The van der Waals surface area contributed by atoms with Gasteiger partial charge >= 0.3 is 0 Å². The lowest BCUT2D eigenvalue weighted by Gasteiger charge is -2.01. The molecule has 0 amide bonds. The zero-order valence-corrected chi connectivity index (χ0v) is 8.58. The largest absolute Gasteiger partial charge is 0.312 e. The lowest BCUT2D eigenvalue weighted by atomic mass is 10.3. The van der Waals surface area contributed by atoms with E-state index in [1.165, 1.54) is 17.0 Å². The van der Waals surface area contributed by atoms with Crippen LogP contribution in [-0.4, -0.2) is 11.5 Å². The van der Waals surface area contributed by atoms with Gasteiger partial charge in [0.05, 0.1) is 11.2 Å². The normalized spacial score (nSPS) is 10.5. The van der Waals surface area contributed by atoms with Crippen molar-refractivity contribution in [2.24, 2.45) is 0 Å². The first-order valence-electron chi connectivity index (χ1n) is 4.50. The molecule has 0 aliphatic carbocycles. The van der Waals surface area contributed by atoms with Gasteiger partial charge in [0, 0.05) is 11.4 Å². The summed E-state index contributed by atoms with van der Waals surface area (Å²) in [6, 6.07) is 0. The summed E-state index contributed by atoms with van der Waals surface area (Å²) in [5.74, 6) is 0. The van der Waals surface area contributed by atoms with E-state index in [9.17, 15) is 0 Å². The molecule has 1 aromatic rings. The van der Waals surface area contributed by atoms with Gasteiger partial charge in [-0.2, -0.15) is 0 Å². The van der Waals surface area contributed by atoms with Gasteiger partial charge in [0.1, 0.15) is 0 Å². The molecule has 1 N–H and O–H groups in total. The predicted octanol–water partition coefficient (Wildman–Crippen LogP) is 2.21. The van der Waals surface area contributed by atoms with Crippen molar-refractivity contribution in [3.05, 3.63) is 16.1 Å². The Hall–Kier alpha value is -0.410. The molecular formula is C9H16N2S. The first-order chi connectivity index (χ1) is 5.88. The second-order valence-electron chi connectivity index (χ2n) is 2.75. The molecule has 12 heavy (non-hydrogen) atoms. The third-order valence-corrected chi connectivity index (χ3v) is 2.65. The van der Waals surface area contributed by atoms with E-state index in [2.05, 4.69) is 24.1 Å². The molecule has 0 spiro atoms. The van der Waals surface area contributed by atoms with E-state index in [-0.39, 0.29) is 0 Å². The minimum atomic E-state index is 0.988. The molecule has 0 aliphatic heterocycles. The summed E-state index contributed by atoms with van der Waals surface area (Å²) in [6.45, 7) is 6.42. The lowest BCUT2D eigenvalue weighted by Crippen LogP contribution is -2.13. The standard InChI is InChI=1S/C9H16N2S/c1-3-5-10-6-9-8(4-2)11-7-12-9/h7,10H,3-6H2,1-2H3. The van der Waals surface area contributed by atoms with Gasteiger partial charge in [-0.3, -0.25) is 0 Å². The van der Waals surface area contributed by atoms with Gasteiger partial charge in [-0.1, -0.05) is 13.8 Å². The first-order valence-corrected chi connectivity index (χ1v) is 5.38. The van der Waals surface area contributed by atoms with Crippen LogP contribution in [0.15, 0.2) is 5.51 Å². The molecule has 1 rings (SSSR count). The first kappa shape index (κ1) is 9.68. The Morgan fingerprint density at radius 3 is 3.00 bits per heavy atom. The van der Waals surface area contributed by atoms with Crippen LogP contribution in [0.3, 0.4) is 0 Å². The van der Waals surface area contributed by atoms with E-state index in [0.717, 1.165) is 19.5 Å². The van der Waals surface area contributed by atoms with Gasteiger partial charge in [-0.25, -0.2) is 4.98 Å². The van der Waals surface area contributed by atoms with Crippen molar-refractivity contribution in [3.8, 4) is 0 Å². The highest BCUT2D eigenvalue weighted by Crippen LogP contribution is 2.12. The zero-order chi connectivity index (χ0) is 8.81. The van der Waals surface area contributed by atoms with Crippen LogP contribution in [0, 0.1) is 0 Å². The number of nitrogens with one attached hydrogen (secondary N) is 1. The van der Waals surface area contributed by atoms with E-state index < -0.39 is 0 Å². The van der Waals surface area contributed by atoms with Crippen molar-refractivity contribution in [2.75, 3.05) is 6.54 Å². The number of nitrogens with zero attached hydrogens (tertiary/aromatic N) is 1. The van der Waals surface area contributed by atoms with Gasteiger partial charge < -0.3 is 5.32 Å². The van der Waals surface area contributed by atoms with Crippen LogP contribution < -0.4 is 5.32 Å². The van der Waals surface area contributed by atoms with Gasteiger partial charge in [0.15, 0.2) is 0 Å². The average Bonchev–Trinajstić information content (AvgIpc) is 2.52. The molecule has 0 saturated carbocycles. The molecule has 0 saturated heterocycles. The Bertz CT molecular complexity index is 220. The number of rotatable bonds is 5. The zero-order valence-electron chi connectivity index (χ0n) is 7.76. The monoisotopic (exact) mass is 184 g/mol. The summed E-state index contributed by atoms with van der Waals surface area (Å²) in [6.07, 6.45) is 2.24. The molecule has 0 radical (unpaired) electrons. The van der Waals surface area contributed by atoms with E-state index in [4.69, 9.17) is 0 Å². The lowest BCUT2D eigenvalue weighted by molar-refractivity contribution is 0.676. The fraction of sp³-hybridized carbons (Fsp3) is 0.667. The molecule has 1 heterocycles. The highest BCUT2D eigenvalue weighted by atomic mass is 32.1. The Balaban J connectivity index is 2.39. The molecule has 68 valence electrons. The van der Waals surface area contributed by atoms with Gasteiger partial charge in [-0.15, -0.1) is 11.3 Å². The number of hydrogen-bond acceptors (Lipinski definition) is 3. The van der Waals surface area contributed by atoms with Crippen molar-refractivity contribution in [2.45, 2.75) is 33.2 Å². The third kappa shape index (κ3) is 2.57. The summed E-state index contributed by atoms with van der Waals surface area (Å²) < 4.78 is 0. The molecule has 0 atom stereocenters. The summed E-state index contributed by atoms with van der Waals surface area (Å²) in [5.41, 5.74) is 3.19. The summed E-state index contributed by atoms with van der Waals surface area (Å²) in [4.78, 5) is 5.69. The van der Waals surface area contributed by atoms with Crippen molar-refractivity contribution in [1.82, 2.24) is 10.3 Å². The third-order valence-electron chi connectivity index (χ3n) is 1.77. The number of hydrogen-bond donors (Lipinski definition) is 1. The maximum atomic E-state index is 4.29. The van der Waals surface area contributed by atoms with Crippen LogP contribution in [0.25, 0.3) is 0 Å². The van der Waals surface area contributed by atoms with Crippen molar-refractivity contribution in [3.63, 3.8) is 0 Å². The Kier molecular flexibility index (Phi) is 4.25. The second-order valence-corrected chi connectivity index (χ2v) is 3.69. The van der Waals surface area contributed by atoms with Crippen molar-refractivity contribution >= 4 is 11.3 Å². The molecular weight excluding hydrogens is 168 g/mol. The van der Waals surface area contributed by atoms with Crippen LogP contribution in [0.5, 0.6) is 0 Å². The van der Waals surface area contributed by atoms with Crippen LogP contribution in [-0.2, 0) is 13.0 Å². The van der Waals surface area contributed by atoms with E-state index in [1.54, 1.807) is 11.3 Å². The fourth-order valence-corrected chi connectivity index (χ4v) is 1.93. The van der Waals surface area contributed by atoms with Gasteiger partial charge in [0.2, 0.25) is 0 Å². The molecule has 0 bridgehead atoms. The predicted molar refractivity (Wildman–Crippen MR) is 53.5 cm³/mol. The Labute approximate surface area is 78.0 Å². The van der Waals surface area contributed by atoms with Gasteiger partial charge in [-0.05, 0) is 19.4 Å². The summed E-state index contributed by atoms with van der Waals surface area (Å²) in [7, 11) is 0. The fourth-order valence-electron chi connectivity index (χ4n) is 1.10. The Morgan fingerprint density at radius 2 is 2.33 bits per heavy atom. The highest BCUT2D eigenvalue weighted by Gasteiger charge is 2.01. The SMILES string of the molecule is CCCNCc1scnc1CC. The van der Waals surface area contributed by atoms with Crippen LogP contribution >= 0.6 is 11.3 Å². The second kappa shape index (κ2) is 5.27. The summed E-state index contributed by atoms with van der Waals surface area (Å²) in [5, 5.41) is 3.38. The smallest absolute Gasteiger partial charge is 0.0798 e.